The lowest BCUT2D eigenvalue weighted by atomic mass is 10.1. The van der Waals surface area contributed by atoms with Crippen molar-refractivity contribution < 1.29 is 0 Å². The van der Waals surface area contributed by atoms with Crippen LogP contribution in [-0.4, -0.2) is 9.78 Å². The van der Waals surface area contributed by atoms with E-state index >= 15 is 0 Å². The van der Waals surface area contributed by atoms with Crippen LogP contribution in [-0.2, 0) is 6.54 Å². The summed E-state index contributed by atoms with van der Waals surface area (Å²) in [6, 6.07) is 2.24. The maximum absolute atomic E-state index is 4.61. The van der Waals surface area contributed by atoms with Gasteiger partial charge < -0.3 is 0 Å². The highest BCUT2D eigenvalue weighted by Gasteiger charge is 2.18. The van der Waals surface area contributed by atoms with E-state index in [2.05, 4.69) is 36.6 Å². The van der Waals surface area contributed by atoms with Crippen molar-refractivity contribution in [1.29, 1.82) is 0 Å². The van der Waals surface area contributed by atoms with E-state index in [0.29, 0.717) is 5.92 Å². The minimum absolute atomic E-state index is 0.590. The van der Waals surface area contributed by atoms with Crippen molar-refractivity contribution in [2.24, 2.45) is 5.92 Å². The monoisotopic (exact) mass is 206 g/mol. The van der Waals surface area contributed by atoms with Gasteiger partial charge in [0.05, 0.1) is 5.69 Å². The van der Waals surface area contributed by atoms with E-state index in [9.17, 15) is 0 Å². The summed E-state index contributed by atoms with van der Waals surface area (Å²) in [4.78, 5) is 0. The fourth-order valence-electron chi connectivity index (χ4n) is 2.61. The van der Waals surface area contributed by atoms with Crippen LogP contribution in [0.3, 0.4) is 0 Å². The Bertz CT molecular complexity index is 319. The first-order valence-corrected chi connectivity index (χ1v) is 6.21. The molecular formula is C13H22N2. The third-order valence-corrected chi connectivity index (χ3v) is 3.43. The number of nitrogens with zero attached hydrogens (tertiary/aromatic N) is 2. The summed E-state index contributed by atoms with van der Waals surface area (Å²) >= 11 is 0. The summed E-state index contributed by atoms with van der Waals surface area (Å²) in [5.41, 5.74) is 2.57. The lowest BCUT2D eigenvalue weighted by Gasteiger charge is -2.14. The van der Waals surface area contributed by atoms with Crippen LogP contribution in [0.15, 0.2) is 6.07 Å². The molecule has 1 aliphatic rings. The lowest BCUT2D eigenvalue weighted by molar-refractivity contribution is 0.413. The molecule has 0 unspecified atom stereocenters. The molecule has 1 aliphatic carbocycles. The van der Waals surface area contributed by atoms with E-state index in [1.165, 1.54) is 31.4 Å². The van der Waals surface area contributed by atoms with E-state index in [0.717, 1.165) is 18.2 Å². The predicted molar refractivity (Wildman–Crippen MR) is 63.0 cm³/mol. The van der Waals surface area contributed by atoms with Crippen molar-refractivity contribution in [1.82, 2.24) is 9.78 Å². The largest absolute Gasteiger partial charge is 0.269 e. The van der Waals surface area contributed by atoms with Crippen molar-refractivity contribution in [2.45, 2.75) is 58.9 Å². The Morgan fingerprint density at radius 1 is 1.40 bits per heavy atom. The molecule has 0 aromatic carbocycles. The molecule has 0 amide bonds. The minimum atomic E-state index is 0.590. The SMILES string of the molecule is Cc1cc(C(C)C)n(CC2CCCC2)n1. The van der Waals surface area contributed by atoms with Gasteiger partial charge in [0.1, 0.15) is 0 Å². The van der Waals surface area contributed by atoms with Gasteiger partial charge in [-0.25, -0.2) is 0 Å². The van der Waals surface area contributed by atoms with E-state index in [1.54, 1.807) is 0 Å². The Morgan fingerprint density at radius 3 is 2.67 bits per heavy atom. The summed E-state index contributed by atoms with van der Waals surface area (Å²) in [6.07, 6.45) is 5.64. The smallest absolute Gasteiger partial charge is 0.0596 e. The molecule has 0 saturated heterocycles. The highest BCUT2D eigenvalue weighted by Crippen LogP contribution is 2.27. The molecule has 2 heteroatoms. The van der Waals surface area contributed by atoms with E-state index in [1.807, 2.05) is 0 Å². The number of hydrogen-bond donors (Lipinski definition) is 0. The molecule has 0 aliphatic heterocycles. The zero-order valence-corrected chi connectivity index (χ0v) is 10.2. The number of aromatic nitrogens is 2. The Balaban J connectivity index is 2.11. The highest BCUT2D eigenvalue weighted by atomic mass is 15.3. The number of hydrogen-bond acceptors (Lipinski definition) is 1. The number of aryl methyl sites for hydroxylation is 1. The van der Waals surface area contributed by atoms with Gasteiger partial charge >= 0.3 is 0 Å². The van der Waals surface area contributed by atoms with Crippen molar-refractivity contribution in [3.05, 3.63) is 17.5 Å². The van der Waals surface area contributed by atoms with Crippen LogP contribution in [0.2, 0.25) is 0 Å². The quantitative estimate of drug-likeness (QED) is 0.740. The van der Waals surface area contributed by atoms with E-state index in [4.69, 9.17) is 0 Å². The van der Waals surface area contributed by atoms with Gasteiger partial charge in [-0.15, -0.1) is 0 Å². The van der Waals surface area contributed by atoms with Gasteiger partial charge in [-0.3, -0.25) is 4.68 Å². The van der Waals surface area contributed by atoms with Gasteiger partial charge in [0.25, 0.3) is 0 Å². The van der Waals surface area contributed by atoms with Crippen LogP contribution in [0.5, 0.6) is 0 Å². The lowest BCUT2D eigenvalue weighted by Crippen LogP contribution is -2.12. The molecular weight excluding hydrogens is 184 g/mol. The van der Waals surface area contributed by atoms with Gasteiger partial charge in [0, 0.05) is 12.2 Å². The summed E-state index contributed by atoms with van der Waals surface area (Å²) in [5, 5.41) is 4.61. The fraction of sp³-hybridized carbons (Fsp3) is 0.769. The molecule has 1 saturated carbocycles. The Hall–Kier alpha value is -0.790. The van der Waals surface area contributed by atoms with E-state index < -0.39 is 0 Å². The van der Waals surface area contributed by atoms with Crippen molar-refractivity contribution in [3.8, 4) is 0 Å². The van der Waals surface area contributed by atoms with Gasteiger partial charge in [-0.1, -0.05) is 26.7 Å². The molecule has 1 fully saturated rings. The maximum atomic E-state index is 4.61. The second kappa shape index (κ2) is 4.38. The molecule has 0 atom stereocenters. The topological polar surface area (TPSA) is 17.8 Å². The Labute approximate surface area is 92.7 Å². The third-order valence-electron chi connectivity index (χ3n) is 3.43. The first-order valence-electron chi connectivity index (χ1n) is 6.21. The molecule has 0 N–H and O–H groups in total. The Morgan fingerprint density at radius 2 is 2.07 bits per heavy atom. The minimum Gasteiger partial charge on any atom is -0.269 e. The van der Waals surface area contributed by atoms with Crippen LogP contribution in [0, 0.1) is 12.8 Å². The molecule has 0 bridgehead atoms. The van der Waals surface area contributed by atoms with Crippen molar-refractivity contribution >= 4 is 0 Å². The second-order valence-electron chi connectivity index (χ2n) is 5.20. The number of rotatable bonds is 3. The van der Waals surface area contributed by atoms with Gasteiger partial charge in [-0.2, -0.15) is 5.10 Å². The summed E-state index contributed by atoms with van der Waals surface area (Å²) in [6.45, 7) is 7.74. The average molecular weight is 206 g/mol. The Kier molecular flexibility index (Phi) is 3.13. The van der Waals surface area contributed by atoms with Crippen LogP contribution in [0.4, 0.5) is 0 Å². The molecule has 15 heavy (non-hydrogen) atoms. The molecule has 1 heterocycles. The normalized spacial score (nSPS) is 17.9. The first kappa shape index (κ1) is 10.7. The van der Waals surface area contributed by atoms with Crippen molar-refractivity contribution in [3.63, 3.8) is 0 Å². The van der Waals surface area contributed by atoms with Crippen LogP contribution in [0.1, 0.15) is 56.8 Å². The average Bonchev–Trinajstić information content (AvgIpc) is 2.75. The fourth-order valence-corrected chi connectivity index (χ4v) is 2.61. The molecule has 1 aromatic rings. The zero-order valence-electron chi connectivity index (χ0n) is 10.2. The second-order valence-corrected chi connectivity index (χ2v) is 5.20. The summed E-state index contributed by atoms with van der Waals surface area (Å²) < 4.78 is 2.25. The van der Waals surface area contributed by atoms with Gasteiger partial charge in [0.15, 0.2) is 0 Å². The van der Waals surface area contributed by atoms with Gasteiger partial charge in [0.2, 0.25) is 0 Å². The molecule has 2 nitrogen and oxygen atoms in total. The summed E-state index contributed by atoms with van der Waals surface area (Å²) in [5.74, 6) is 1.47. The molecule has 1 aromatic heterocycles. The van der Waals surface area contributed by atoms with Crippen molar-refractivity contribution in [2.75, 3.05) is 0 Å². The molecule has 0 spiro atoms. The van der Waals surface area contributed by atoms with Crippen LogP contribution in [0.25, 0.3) is 0 Å². The molecule has 0 radical (unpaired) electrons. The highest BCUT2D eigenvalue weighted by molar-refractivity contribution is 5.12. The van der Waals surface area contributed by atoms with Gasteiger partial charge in [-0.05, 0) is 37.7 Å². The zero-order chi connectivity index (χ0) is 10.8. The van der Waals surface area contributed by atoms with Crippen LogP contribution >= 0.6 is 0 Å². The first-order chi connectivity index (χ1) is 7.16. The predicted octanol–water partition coefficient (Wildman–Crippen LogP) is 3.51. The van der Waals surface area contributed by atoms with E-state index in [-0.39, 0.29) is 0 Å². The third kappa shape index (κ3) is 2.42. The molecule has 84 valence electrons. The molecule has 2 rings (SSSR count). The maximum Gasteiger partial charge on any atom is 0.0596 e. The summed E-state index contributed by atoms with van der Waals surface area (Å²) in [7, 11) is 0. The van der Waals surface area contributed by atoms with Crippen LogP contribution < -0.4 is 0 Å². The standard InChI is InChI=1S/C13H22N2/c1-10(2)13-8-11(3)14-15(13)9-12-6-4-5-7-12/h8,10,12H,4-7,9H2,1-3H3.